The molecule has 1 heterocycles. The third kappa shape index (κ3) is 4.97. The maximum Gasteiger partial charge on any atom is 0.137 e. The number of likely N-dealkylation sites (tertiary alicyclic amines) is 1. The van der Waals surface area contributed by atoms with Gasteiger partial charge in [0.25, 0.3) is 0 Å². The van der Waals surface area contributed by atoms with Crippen molar-refractivity contribution in [1.29, 1.82) is 0 Å². The summed E-state index contributed by atoms with van der Waals surface area (Å²) in [6.45, 7) is 6.27. The summed E-state index contributed by atoms with van der Waals surface area (Å²) < 4.78 is 6.79. The summed E-state index contributed by atoms with van der Waals surface area (Å²) >= 11 is 5.98. The Hall–Kier alpha value is -1.55. The third-order valence-electron chi connectivity index (χ3n) is 5.04. The smallest absolute Gasteiger partial charge is 0.137 e. The maximum absolute atomic E-state index is 10.6. The van der Waals surface area contributed by atoms with Gasteiger partial charge in [0.05, 0.1) is 13.1 Å². The average molecular weight is 361 g/mol. The third-order valence-corrected chi connectivity index (χ3v) is 5.28. The number of aliphatic hydroxyl groups excluding tert-OH is 1. The molecule has 1 N–H and O–H groups in total. The predicted octanol–water partition coefficient (Wildman–Crippen LogP) is 4.20. The molecule has 1 fully saturated rings. The average Bonchev–Trinajstić information content (AvgIpc) is 3.03. The summed E-state index contributed by atoms with van der Waals surface area (Å²) in [6.07, 6.45) is 1.99. The monoisotopic (exact) mass is 360 g/mol. The van der Waals surface area contributed by atoms with E-state index < -0.39 is 6.10 Å². The van der Waals surface area contributed by atoms with Gasteiger partial charge in [0.1, 0.15) is 31.5 Å². The van der Waals surface area contributed by atoms with Crippen molar-refractivity contribution in [2.75, 3.05) is 26.2 Å². The van der Waals surface area contributed by atoms with Crippen LogP contribution in [0.25, 0.3) is 0 Å². The Morgan fingerprint density at radius 3 is 2.52 bits per heavy atom. The van der Waals surface area contributed by atoms with Crippen molar-refractivity contribution in [3.8, 4) is 5.75 Å². The molecular weight excluding hydrogens is 334 g/mol. The van der Waals surface area contributed by atoms with Gasteiger partial charge in [0.15, 0.2) is 0 Å². The molecule has 3 nitrogen and oxygen atoms in total. The Balaban J connectivity index is 1.60. The van der Waals surface area contributed by atoms with Crippen molar-refractivity contribution in [3.05, 3.63) is 64.7 Å². The first-order chi connectivity index (χ1) is 12.1. The summed E-state index contributed by atoms with van der Waals surface area (Å²) in [6, 6.07) is 16.2. The van der Waals surface area contributed by atoms with Gasteiger partial charge in [-0.25, -0.2) is 0 Å². The molecule has 1 atom stereocenters. The molecular formula is C21H27ClNO2+. The summed E-state index contributed by atoms with van der Waals surface area (Å²) in [5.74, 6) is 0.791. The van der Waals surface area contributed by atoms with E-state index >= 15 is 0 Å². The fourth-order valence-corrected chi connectivity index (χ4v) is 4.07. The van der Waals surface area contributed by atoms with E-state index in [0.717, 1.165) is 42.0 Å². The Morgan fingerprint density at radius 1 is 1.12 bits per heavy atom. The van der Waals surface area contributed by atoms with Gasteiger partial charge in [0, 0.05) is 23.4 Å². The topological polar surface area (TPSA) is 29.5 Å². The van der Waals surface area contributed by atoms with Crippen LogP contribution in [0, 0.1) is 6.92 Å². The molecule has 0 aromatic heterocycles. The predicted molar refractivity (Wildman–Crippen MR) is 102 cm³/mol. The Morgan fingerprint density at radius 2 is 1.84 bits per heavy atom. The van der Waals surface area contributed by atoms with Crippen LogP contribution >= 0.6 is 11.6 Å². The first kappa shape index (κ1) is 18.2. The van der Waals surface area contributed by atoms with Crippen molar-refractivity contribution in [2.45, 2.75) is 32.4 Å². The van der Waals surface area contributed by atoms with Crippen LogP contribution in [0.2, 0.25) is 5.02 Å². The SMILES string of the molecule is Cc1cc(Cl)ccc1OCC(O)C[N+]1(Cc2ccccc2)CCCC1. The fraction of sp³-hybridized carbons (Fsp3) is 0.429. The molecule has 0 spiro atoms. The number of halogens is 1. The van der Waals surface area contributed by atoms with E-state index in [1.54, 1.807) is 0 Å². The van der Waals surface area contributed by atoms with Crippen LogP contribution < -0.4 is 4.74 Å². The van der Waals surface area contributed by atoms with E-state index in [2.05, 4.69) is 30.3 Å². The lowest BCUT2D eigenvalue weighted by Gasteiger charge is -2.36. The number of hydrogen-bond acceptors (Lipinski definition) is 2. The van der Waals surface area contributed by atoms with Gasteiger partial charge in [0.2, 0.25) is 0 Å². The molecule has 0 radical (unpaired) electrons. The standard InChI is InChI=1S/C21H27ClNO2/c1-17-13-19(22)9-10-21(17)25-16-20(24)15-23(11-5-6-12-23)14-18-7-3-2-4-8-18/h2-4,7-10,13,20,24H,5-6,11-12,14-16H2,1H3/q+1. The second-order valence-corrected chi connectivity index (χ2v) is 7.63. The molecule has 4 heteroatoms. The van der Waals surface area contributed by atoms with Gasteiger partial charge < -0.3 is 14.3 Å². The van der Waals surface area contributed by atoms with Gasteiger partial charge in [-0.05, 0) is 30.7 Å². The number of aryl methyl sites for hydroxylation is 1. The second kappa shape index (κ2) is 8.22. The normalized spacial score (nSPS) is 17.4. The van der Waals surface area contributed by atoms with Crippen LogP contribution in [0.15, 0.2) is 48.5 Å². The molecule has 25 heavy (non-hydrogen) atoms. The largest absolute Gasteiger partial charge is 0.490 e. The first-order valence-corrected chi connectivity index (χ1v) is 9.40. The minimum absolute atomic E-state index is 0.317. The summed E-state index contributed by atoms with van der Waals surface area (Å²) in [7, 11) is 0. The quantitative estimate of drug-likeness (QED) is 0.750. The highest BCUT2D eigenvalue weighted by molar-refractivity contribution is 6.30. The van der Waals surface area contributed by atoms with Crippen molar-refractivity contribution in [3.63, 3.8) is 0 Å². The van der Waals surface area contributed by atoms with Crippen molar-refractivity contribution >= 4 is 11.6 Å². The van der Waals surface area contributed by atoms with E-state index in [-0.39, 0.29) is 0 Å². The van der Waals surface area contributed by atoms with E-state index in [4.69, 9.17) is 16.3 Å². The zero-order valence-electron chi connectivity index (χ0n) is 14.8. The van der Waals surface area contributed by atoms with Crippen LogP contribution in [0.5, 0.6) is 5.75 Å². The summed E-state index contributed by atoms with van der Waals surface area (Å²) in [5, 5.41) is 11.3. The zero-order chi connectivity index (χ0) is 17.7. The highest BCUT2D eigenvalue weighted by Gasteiger charge is 2.34. The van der Waals surface area contributed by atoms with Gasteiger partial charge in [-0.15, -0.1) is 0 Å². The highest BCUT2D eigenvalue weighted by Crippen LogP contribution is 2.25. The molecule has 2 aromatic carbocycles. The van der Waals surface area contributed by atoms with Crippen molar-refractivity contribution in [1.82, 2.24) is 0 Å². The highest BCUT2D eigenvalue weighted by atomic mass is 35.5. The van der Waals surface area contributed by atoms with Crippen molar-refractivity contribution in [2.24, 2.45) is 0 Å². The molecule has 0 aliphatic carbocycles. The number of nitrogens with zero attached hydrogens (tertiary/aromatic N) is 1. The zero-order valence-corrected chi connectivity index (χ0v) is 15.6. The number of rotatable bonds is 7. The number of benzene rings is 2. The maximum atomic E-state index is 10.6. The van der Waals surface area contributed by atoms with Gasteiger partial charge >= 0.3 is 0 Å². The Kier molecular flexibility index (Phi) is 6.00. The van der Waals surface area contributed by atoms with Crippen LogP contribution in [0.4, 0.5) is 0 Å². The van der Waals surface area contributed by atoms with Gasteiger partial charge in [-0.1, -0.05) is 41.9 Å². The van der Waals surface area contributed by atoms with Gasteiger partial charge in [-0.2, -0.15) is 0 Å². The first-order valence-electron chi connectivity index (χ1n) is 9.02. The lowest BCUT2D eigenvalue weighted by molar-refractivity contribution is -0.932. The van der Waals surface area contributed by atoms with Crippen LogP contribution in [-0.4, -0.2) is 41.9 Å². The second-order valence-electron chi connectivity index (χ2n) is 7.20. The molecule has 134 valence electrons. The Bertz CT molecular complexity index is 684. The van der Waals surface area contributed by atoms with Crippen LogP contribution in [0.3, 0.4) is 0 Å². The molecule has 1 unspecified atom stereocenters. The van der Waals surface area contributed by atoms with Crippen LogP contribution in [-0.2, 0) is 6.54 Å². The van der Waals surface area contributed by atoms with Crippen LogP contribution in [0.1, 0.15) is 24.0 Å². The molecule has 0 saturated carbocycles. The molecule has 1 aliphatic heterocycles. The lowest BCUT2D eigenvalue weighted by Crippen LogP contribution is -2.50. The molecule has 1 aliphatic rings. The lowest BCUT2D eigenvalue weighted by atomic mass is 10.1. The molecule has 0 bridgehead atoms. The Labute approximate surface area is 155 Å². The number of hydrogen-bond donors (Lipinski definition) is 1. The van der Waals surface area contributed by atoms with E-state index in [1.807, 2.05) is 25.1 Å². The summed E-state index contributed by atoms with van der Waals surface area (Å²) in [5.41, 5.74) is 2.33. The van der Waals surface area contributed by atoms with E-state index in [1.165, 1.54) is 18.4 Å². The van der Waals surface area contributed by atoms with E-state index in [0.29, 0.717) is 11.6 Å². The fourth-order valence-electron chi connectivity index (χ4n) is 3.84. The molecule has 1 saturated heterocycles. The summed E-state index contributed by atoms with van der Waals surface area (Å²) in [4.78, 5) is 0. The number of ether oxygens (including phenoxy) is 1. The number of quaternary nitrogens is 1. The molecule has 2 aromatic rings. The van der Waals surface area contributed by atoms with E-state index in [9.17, 15) is 5.11 Å². The number of aliphatic hydroxyl groups is 1. The minimum Gasteiger partial charge on any atom is -0.490 e. The van der Waals surface area contributed by atoms with Gasteiger partial charge in [-0.3, -0.25) is 0 Å². The molecule has 0 amide bonds. The minimum atomic E-state index is -0.475. The van der Waals surface area contributed by atoms with Crippen molar-refractivity contribution < 1.29 is 14.3 Å². The molecule has 3 rings (SSSR count).